The molecular formula is C26H23ClF3NO4. The molecule has 1 aliphatic rings. The molecule has 1 amide bonds. The Hall–Kier alpha value is -3.07. The molecule has 2 unspecified atom stereocenters. The monoisotopic (exact) mass is 505 g/mol. The number of fused-ring (bicyclic) bond motifs is 3. The molecule has 4 rings (SSSR count). The molecule has 0 bridgehead atoms. The number of aliphatic hydroxyl groups is 2. The van der Waals surface area contributed by atoms with Crippen molar-refractivity contribution in [3.63, 3.8) is 0 Å². The predicted molar refractivity (Wildman–Crippen MR) is 125 cm³/mol. The third-order valence-electron chi connectivity index (χ3n) is 6.06. The van der Waals surface area contributed by atoms with Crippen LogP contribution >= 0.6 is 11.6 Å². The van der Waals surface area contributed by atoms with Gasteiger partial charge in [-0.25, -0.2) is 4.79 Å². The number of halogens is 4. The highest BCUT2D eigenvalue weighted by Crippen LogP contribution is 2.44. The average Bonchev–Trinajstić information content (AvgIpc) is 3.15. The van der Waals surface area contributed by atoms with Crippen LogP contribution in [0, 0.1) is 0 Å². The smallest absolute Gasteiger partial charge is 0.416 e. The quantitative estimate of drug-likeness (QED) is 0.386. The van der Waals surface area contributed by atoms with E-state index >= 15 is 0 Å². The van der Waals surface area contributed by atoms with Gasteiger partial charge >= 0.3 is 12.3 Å². The zero-order chi connectivity index (χ0) is 25.2. The van der Waals surface area contributed by atoms with Crippen molar-refractivity contribution in [1.82, 2.24) is 5.32 Å². The van der Waals surface area contributed by atoms with E-state index in [-0.39, 0.29) is 36.1 Å². The fraction of sp³-hybridized carbons (Fsp3) is 0.269. The number of alkyl carbamates (subject to hydrolysis) is 1. The van der Waals surface area contributed by atoms with Gasteiger partial charge in [-0.1, -0.05) is 66.2 Å². The van der Waals surface area contributed by atoms with Crippen LogP contribution in [0.4, 0.5) is 18.0 Å². The van der Waals surface area contributed by atoms with Crippen molar-refractivity contribution < 1.29 is 32.9 Å². The molecule has 2 atom stereocenters. The van der Waals surface area contributed by atoms with Gasteiger partial charge in [0.1, 0.15) is 12.7 Å². The minimum Gasteiger partial charge on any atom is -0.449 e. The van der Waals surface area contributed by atoms with Crippen LogP contribution in [-0.4, -0.2) is 35.6 Å². The third kappa shape index (κ3) is 5.45. The van der Waals surface area contributed by atoms with Gasteiger partial charge in [-0.05, 0) is 40.8 Å². The lowest BCUT2D eigenvalue weighted by Gasteiger charge is -2.20. The maximum atomic E-state index is 12.8. The normalized spacial score (nSPS) is 14.7. The van der Waals surface area contributed by atoms with E-state index in [2.05, 4.69) is 5.32 Å². The van der Waals surface area contributed by atoms with Gasteiger partial charge in [0.25, 0.3) is 0 Å². The Morgan fingerprint density at radius 3 is 2.17 bits per heavy atom. The first kappa shape index (κ1) is 25.0. The molecule has 3 aromatic rings. The summed E-state index contributed by atoms with van der Waals surface area (Å²) in [7, 11) is 0. The molecule has 0 saturated carbocycles. The molecule has 0 fully saturated rings. The van der Waals surface area contributed by atoms with Crippen molar-refractivity contribution in [2.45, 2.75) is 30.7 Å². The first-order valence-electron chi connectivity index (χ1n) is 11.0. The van der Waals surface area contributed by atoms with Crippen LogP contribution in [0.5, 0.6) is 0 Å². The van der Waals surface area contributed by atoms with Gasteiger partial charge < -0.3 is 20.3 Å². The van der Waals surface area contributed by atoms with E-state index in [1.165, 1.54) is 0 Å². The summed E-state index contributed by atoms with van der Waals surface area (Å²) in [6.45, 7) is 0.110. The molecule has 0 aliphatic heterocycles. The van der Waals surface area contributed by atoms with E-state index in [0.717, 1.165) is 34.4 Å². The number of carbonyl (C=O) groups is 1. The largest absolute Gasteiger partial charge is 0.449 e. The number of benzene rings is 3. The maximum absolute atomic E-state index is 12.8. The Morgan fingerprint density at radius 2 is 1.60 bits per heavy atom. The van der Waals surface area contributed by atoms with Crippen molar-refractivity contribution in [2.75, 3.05) is 13.2 Å². The van der Waals surface area contributed by atoms with Crippen LogP contribution < -0.4 is 5.32 Å². The van der Waals surface area contributed by atoms with Crippen LogP contribution in [0.3, 0.4) is 0 Å². The maximum Gasteiger partial charge on any atom is 0.416 e. The molecule has 5 nitrogen and oxygen atoms in total. The lowest BCUT2D eigenvalue weighted by Crippen LogP contribution is -2.30. The topological polar surface area (TPSA) is 78.8 Å². The molecule has 9 heteroatoms. The molecule has 0 aromatic heterocycles. The van der Waals surface area contributed by atoms with Gasteiger partial charge in [-0.15, -0.1) is 0 Å². The number of hydrogen-bond acceptors (Lipinski definition) is 4. The minimum atomic E-state index is -4.57. The van der Waals surface area contributed by atoms with Crippen molar-refractivity contribution in [3.05, 3.63) is 94.0 Å². The number of aliphatic hydroxyl groups excluding tert-OH is 2. The van der Waals surface area contributed by atoms with Crippen molar-refractivity contribution in [2.24, 2.45) is 0 Å². The van der Waals surface area contributed by atoms with Crippen LogP contribution in [0.15, 0.2) is 66.7 Å². The van der Waals surface area contributed by atoms with E-state index in [1.807, 2.05) is 48.5 Å². The summed E-state index contributed by atoms with van der Waals surface area (Å²) in [5.41, 5.74) is 3.38. The number of carbonyl (C=O) groups excluding carboxylic acids is 1. The summed E-state index contributed by atoms with van der Waals surface area (Å²) in [5.74, 6) is -0.0950. The second kappa shape index (κ2) is 10.3. The molecule has 0 heterocycles. The molecule has 3 aromatic carbocycles. The highest BCUT2D eigenvalue weighted by molar-refractivity contribution is 6.31. The van der Waals surface area contributed by atoms with Gasteiger partial charge in [-0.2, -0.15) is 13.2 Å². The summed E-state index contributed by atoms with van der Waals surface area (Å²) in [4.78, 5) is 12.2. The average molecular weight is 506 g/mol. The Kier molecular flexibility index (Phi) is 7.35. The van der Waals surface area contributed by atoms with E-state index in [0.29, 0.717) is 6.07 Å². The molecule has 184 valence electrons. The second-order valence-corrected chi connectivity index (χ2v) is 8.69. The Balaban J connectivity index is 1.28. The summed E-state index contributed by atoms with van der Waals surface area (Å²) < 4.78 is 43.8. The number of nitrogens with one attached hydrogen (secondary N) is 1. The van der Waals surface area contributed by atoms with E-state index in [4.69, 9.17) is 16.3 Å². The molecule has 3 N–H and O–H groups in total. The van der Waals surface area contributed by atoms with Gasteiger partial charge in [0.05, 0.1) is 11.7 Å². The molecule has 0 saturated heterocycles. The van der Waals surface area contributed by atoms with Gasteiger partial charge in [0.15, 0.2) is 0 Å². The lowest BCUT2D eigenvalue weighted by atomic mass is 9.98. The lowest BCUT2D eigenvalue weighted by molar-refractivity contribution is -0.137. The van der Waals surface area contributed by atoms with Crippen LogP contribution in [0.2, 0.25) is 5.02 Å². The van der Waals surface area contributed by atoms with Crippen LogP contribution in [-0.2, 0) is 10.9 Å². The zero-order valence-electron chi connectivity index (χ0n) is 18.4. The Bertz CT molecular complexity index is 1170. The number of amides is 1. The molecule has 0 spiro atoms. The van der Waals surface area contributed by atoms with E-state index in [9.17, 15) is 28.2 Å². The number of hydrogen-bond donors (Lipinski definition) is 3. The van der Waals surface area contributed by atoms with Crippen molar-refractivity contribution in [3.8, 4) is 11.1 Å². The minimum absolute atomic E-state index is 0.0207. The summed E-state index contributed by atoms with van der Waals surface area (Å²) in [6, 6.07) is 18.4. The molecule has 1 aliphatic carbocycles. The first-order valence-corrected chi connectivity index (χ1v) is 11.4. The summed E-state index contributed by atoms with van der Waals surface area (Å²) in [6.07, 6.45) is -8.20. The van der Waals surface area contributed by atoms with E-state index in [1.54, 1.807) is 0 Å². The number of rotatable bonds is 7. The van der Waals surface area contributed by atoms with Crippen molar-refractivity contribution in [1.29, 1.82) is 0 Å². The highest BCUT2D eigenvalue weighted by atomic mass is 35.5. The van der Waals surface area contributed by atoms with Gasteiger partial charge in [0.2, 0.25) is 0 Å². The Morgan fingerprint density at radius 1 is 1.00 bits per heavy atom. The number of ether oxygens (including phenoxy) is 1. The summed E-state index contributed by atoms with van der Waals surface area (Å²) >= 11 is 5.87. The standard InChI is InChI=1S/C26H23ClF3NO4/c27-22-13-15(26(28,29)30)9-10-20(22)24(33)23(32)11-12-31-25(34)35-14-21-18-7-3-1-5-16(18)17-6-2-4-8-19(17)21/h1-10,13,21,23-24,32-33H,11-12,14H2,(H,31,34). The molecule has 0 radical (unpaired) electrons. The Labute approximate surface area is 205 Å². The third-order valence-corrected chi connectivity index (χ3v) is 6.39. The summed E-state index contributed by atoms with van der Waals surface area (Å²) in [5, 5.41) is 22.7. The van der Waals surface area contributed by atoms with E-state index < -0.39 is 30.0 Å². The molecular weight excluding hydrogens is 483 g/mol. The molecule has 35 heavy (non-hydrogen) atoms. The second-order valence-electron chi connectivity index (χ2n) is 8.29. The fourth-order valence-electron chi connectivity index (χ4n) is 4.28. The first-order chi connectivity index (χ1) is 16.7. The predicted octanol–water partition coefficient (Wildman–Crippen LogP) is 5.68. The van der Waals surface area contributed by atoms with Crippen LogP contribution in [0.1, 0.15) is 40.7 Å². The fourth-order valence-corrected chi connectivity index (χ4v) is 4.57. The van der Waals surface area contributed by atoms with Gasteiger partial charge in [-0.3, -0.25) is 0 Å². The number of alkyl halides is 3. The van der Waals surface area contributed by atoms with Crippen LogP contribution in [0.25, 0.3) is 11.1 Å². The highest BCUT2D eigenvalue weighted by Gasteiger charge is 2.32. The zero-order valence-corrected chi connectivity index (χ0v) is 19.2. The van der Waals surface area contributed by atoms with Crippen molar-refractivity contribution >= 4 is 17.7 Å². The SMILES string of the molecule is O=C(NCCC(O)C(O)c1ccc(C(F)(F)F)cc1Cl)OCC1c2ccccc2-c2ccccc21. The van der Waals surface area contributed by atoms with Gasteiger partial charge in [0, 0.05) is 23.0 Å².